The average Bonchev–Trinajstić information content (AvgIpc) is 3.78. The number of benzene rings is 7. The molecule has 0 radical (unpaired) electrons. The maximum atomic E-state index is 6.52. The maximum Gasteiger partial charge on any atom is 0.161 e. The van der Waals surface area contributed by atoms with Gasteiger partial charge in [-0.2, -0.15) is 0 Å². The van der Waals surface area contributed by atoms with Gasteiger partial charge in [-0.15, -0.1) is 0 Å². The minimum absolute atomic E-state index is 0.672. The molecule has 4 nitrogen and oxygen atoms in total. The summed E-state index contributed by atoms with van der Waals surface area (Å²) >= 11 is 0. The highest BCUT2D eigenvalue weighted by atomic mass is 16.3. The fourth-order valence-corrected chi connectivity index (χ4v) is 7.68. The minimum atomic E-state index is 0.672. The molecule has 0 N–H and O–H groups in total. The van der Waals surface area contributed by atoms with Gasteiger partial charge >= 0.3 is 0 Å². The van der Waals surface area contributed by atoms with E-state index in [1.54, 1.807) is 0 Å². The highest BCUT2D eigenvalue weighted by Gasteiger charge is 2.28. The Kier molecular flexibility index (Phi) is 4.55. The minimum Gasteiger partial charge on any atom is -0.456 e. The molecule has 4 heteroatoms. The van der Waals surface area contributed by atoms with Crippen molar-refractivity contribution >= 4 is 65.6 Å². The molecule has 0 unspecified atom stereocenters. The van der Waals surface area contributed by atoms with E-state index in [0.717, 1.165) is 77.0 Å². The lowest BCUT2D eigenvalue weighted by molar-refractivity contribution is 0.669. The highest BCUT2D eigenvalue weighted by molar-refractivity contribution is 6.29. The predicted octanol–water partition coefficient (Wildman–Crippen LogP) is 11.6. The van der Waals surface area contributed by atoms with Crippen LogP contribution in [0.5, 0.6) is 0 Å². The molecule has 0 fully saturated rings. The summed E-state index contributed by atoms with van der Waals surface area (Å²) in [5.41, 5.74) is 12.0. The Balaban J connectivity index is 1.25. The van der Waals surface area contributed by atoms with E-state index in [0.29, 0.717) is 5.82 Å². The number of hydrogen-bond acceptors (Lipinski definition) is 4. The first-order valence-electron chi connectivity index (χ1n) is 15.5. The van der Waals surface area contributed by atoms with Crippen LogP contribution in [0, 0.1) is 0 Å². The Bertz CT molecular complexity index is 2930. The molecule has 3 aromatic heterocycles. The van der Waals surface area contributed by atoms with Crippen molar-refractivity contribution in [3.63, 3.8) is 0 Å². The second-order valence-electron chi connectivity index (χ2n) is 12.0. The fourth-order valence-electron chi connectivity index (χ4n) is 7.68. The van der Waals surface area contributed by atoms with Gasteiger partial charge < -0.3 is 8.83 Å². The van der Waals surface area contributed by atoms with E-state index < -0.39 is 0 Å². The molecule has 0 aliphatic heterocycles. The van der Waals surface area contributed by atoms with Crippen molar-refractivity contribution in [2.24, 2.45) is 0 Å². The molecular weight excluding hydrogens is 564 g/mol. The molecule has 1 aliphatic carbocycles. The van der Waals surface area contributed by atoms with Gasteiger partial charge in [0.1, 0.15) is 22.3 Å². The molecule has 0 bridgehead atoms. The maximum absolute atomic E-state index is 6.52. The van der Waals surface area contributed by atoms with Crippen LogP contribution in [0.25, 0.3) is 110 Å². The third-order valence-electron chi connectivity index (χ3n) is 9.63. The van der Waals surface area contributed by atoms with Crippen LogP contribution in [0.1, 0.15) is 0 Å². The fraction of sp³-hybridized carbons (Fsp3) is 0. The Hall–Kier alpha value is -6.26. The largest absolute Gasteiger partial charge is 0.456 e. The second-order valence-corrected chi connectivity index (χ2v) is 12.0. The summed E-state index contributed by atoms with van der Waals surface area (Å²) in [6.07, 6.45) is 0. The van der Waals surface area contributed by atoms with Gasteiger partial charge in [0.25, 0.3) is 0 Å². The van der Waals surface area contributed by atoms with Gasteiger partial charge in [-0.3, -0.25) is 0 Å². The van der Waals surface area contributed by atoms with Crippen LogP contribution in [-0.2, 0) is 0 Å². The quantitative estimate of drug-likeness (QED) is 0.202. The van der Waals surface area contributed by atoms with Crippen LogP contribution in [0.15, 0.2) is 142 Å². The number of fused-ring (bicyclic) bond motifs is 11. The summed E-state index contributed by atoms with van der Waals surface area (Å²) in [7, 11) is 0. The summed E-state index contributed by atoms with van der Waals surface area (Å²) in [5, 5.41) is 7.74. The Labute approximate surface area is 262 Å². The van der Waals surface area contributed by atoms with Gasteiger partial charge in [0.2, 0.25) is 0 Å². The zero-order valence-corrected chi connectivity index (χ0v) is 24.4. The van der Waals surface area contributed by atoms with Gasteiger partial charge in [0.05, 0.1) is 11.2 Å². The van der Waals surface area contributed by atoms with Crippen molar-refractivity contribution in [2.45, 2.75) is 0 Å². The molecule has 1 aliphatic rings. The first-order chi connectivity index (χ1) is 22.8. The lowest BCUT2D eigenvalue weighted by Crippen LogP contribution is -1.96. The van der Waals surface area contributed by atoms with Crippen LogP contribution in [0.4, 0.5) is 0 Å². The van der Waals surface area contributed by atoms with Gasteiger partial charge in [-0.05, 0) is 63.9 Å². The van der Waals surface area contributed by atoms with E-state index in [9.17, 15) is 0 Å². The molecule has 0 amide bonds. The number of furan rings is 2. The average molecular weight is 587 g/mol. The first kappa shape index (κ1) is 24.1. The lowest BCUT2D eigenvalue weighted by Gasteiger charge is -2.13. The molecule has 0 spiro atoms. The monoisotopic (exact) mass is 586 g/mol. The van der Waals surface area contributed by atoms with Gasteiger partial charge in [-0.1, -0.05) is 97.1 Å². The predicted molar refractivity (Wildman–Crippen MR) is 187 cm³/mol. The van der Waals surface area contributed by atoms with E-state index >= 15 is 0 Å². The van der Waals surface area contributed by atoms with Gasteiger partial charge in [-0.25, -0.2) is 9.97 Å². The summed E-state index contributed by atoms with van der Waals surface area (Å²) in [6, 6.07) is 46.3. The van der Waals surface area contributed by atoms with Crippen LogP contribution in [0.2, 0.25) is 0 Å². The van der Waals surface area contributed by atoms with Gasteiger partial charge in [0.15, 0.2) is 5.82 Å². The van der Waals surface area contributed by atoms with Crippen molar-refractivity contribution in [1.82, 2.24) is 9.97 Å². The highest BCUT2D eigenvalue weighted by Crippen LogP contribution is 2.54. The number of nitrogens with zero attached hydrogens (tertiary/aromatic N) is 2. The van der Waals surface area contributed by atoms with Crippen molar-refractivity contribution < 1.29 is 8.83 Å². The SMILES string of the molecule is c1ccc2c(c1)-c1ccc(-c3nc(-c4cccc5c4oc4ccccc45)c4ccccc4n3)c3cc4oc5ccccc5c4c-2c13. The van der Waals surface area contributed by atoms with Crippen LogP contribution in [0.3, 0.4) is 0 Å². The van der Waals surface area contributed by atoms with Crippen LogP contribution < -0.4 is 0 Å². The smallest absolute Gasteiger partial charge is 0.161 e. The van der Waals surface area contributed by atoms with Crippen LogP contribution >= 0.6 is 0 Å². The molecular formula is C42H22N2O2. The van der Waals surface area contributed by atoms with Crippen molar-refractivity contribution in [3.8, 4) is 44.9 Å². The van der Waals surface area contributed by atoms with E-state index in [-0.39, 0.29) is 0 Å². The lowest BCUT2D eigenvalue weighted by atomic mass is 9.94. The molecule has 46 heavy (non-hydrogen) atoms. The Morgan fingerprint density at radius 3 is 1.96 bits per heavy atom. The van der Waals surface area contributed by atoms with E-state index in [4.69, 9.17) is 18.8 Å². The molecule has 212 valence electrons. The second kappa shape index (κ2) is 8.68. The number of para-hydroxylation sites is 4. The van der Waals surface area contributed by atoms with Gasteiger partial charge in [0, 0.05) is 43.6 Å². The summed E-state index contributed by atoms with van der Waals surface area (Å²) in [4.78, 5) is 10.5. The summed E-state index contributed by atoms with van der Waals surface area (Å²) in [5.74, 6) is 0.672. The van der Waals surface area contributed by atoms with E-state index in [1.165, 1.54) is 27.6 Å². The van der Waals surface area contributed by atoms with E-state index in [1.807, 2.05) is 36.4 Å². The Morgan fingerprint density at radius 2 is 1.07 bits per heavy atom. The zero-order chi connectivity index (χ0) is 29.9. The normalized spacial score (nSPS) is 12.3. The third kappa shape index (κ3) is 3.07. The van der Waals surface area contributed by atoms with E-state index in [2.05, 4.69) is 97.1 Å². The molecule has 7 aromatic carbocycles. The molecule has 0 saturated heterocycles. The summed E-state index contributed by atoms with van der Waals surface area (Å²) in [6.45, 7) is 0. The third-order valence-corrected chi connectivity index (χ3v) is 9.63. The number of hydrogen-bond donors (Lipinski definition) is 0. The zero-order valence-electron chi connectivity index (χ0n) is 24.4. The molecule has 11 rings (SSSR count). The molecule has 10 aromatic rings. The van der Waals surface area contributed by atoms with Crippen molar-refractivity contribution in [1.29, 1.82) is 0 Å². The van der Waals surface area contributed by atoms with Crippen molar-refractivity contribution in [3.05, 3.63) is 133 Å². The summed E-state index contributed by atoms with van der Waals surface area (Å²) < 4.78 is 13.0. The number of rotatable bonds is 2. The van der Waals surface area contributed by atoms with Crippen molar-refractivity contribution in [2.75, 3.05) is 0 Å². The topological polar surface area (TPSA) is 52.1 Å². The van der Waals surface area contributed by atoms with Crippen LogP contribution in [-0.4, -0.2) is 9.97 Å². The standard InChI is InChI=1S/C42H22N2O2/c1-2-12-25-23(10-1)26-20-21-28(32-22-36-38(39(25)37(26)32)30-14-5-8-19-35(30)45-36)42-43-33-17-6-3-13-29(33)40(44-42)31-16-9-15-27-24-11-4-7-18-34(24)46-41(27)31/h1-22H. The Morgan fingerprint density at radius 1 is 0.391 bits per heavy atom. The molecule has 0 atom stereocenters. The molecule has 3 heterocycles. The number of aromatic nitrogens is 2. The molecule has 0 saturated carbocycles. The first-order valence-corrected chi connectivity index (χ1v) is 15.5.